The zero-order valence-corrected chi connectivity index (χ0v) is 9.40. The maximum atomic E-state index is 4.66. The van der Waals surface area contributed by atoms with Gasteiger partial charge in [-0.05, 0) is 36.5 Å². The van der Waals surface area contributed by atoms with Crippen LogP contribution in [0.2, 0.25) is 0 Å². The minimum absolute atomic E-state index is 0.737. The van der Waals surface area contributed by atoms with Gasteiger partial charge in [-0.1, -0.05) is 13.0 Å². The maximum absolute atomic E-state index is 4.66. The van der Waals surface area contributed by atoms with Crippen LogP contribution in [0.25, 0.3) is 10.9 Å². The van der Waals surface area contributed by atoms with E-state index in [1.807, 2.05) is 6.20 Å². The van der Waals surface area contributed by atoms with Crippen LogP contribution in [0, 0.1) is 5.92 Å². The lowest BCUT2D eigenvalue weighted by Crippen LogP contribution is -2.14. The van der Waals surface area contributed by atoms with Crippen molar-refractivity contribution in [1.82, 2.24) is 10.2 Å². The molecule has 0 saturated carbocycles. The summed E-state index contributed by atoms with van der Waals surface area (Å²) in [7, 11) is 0. The van der Waals surface area contributed by atoms with Gasteiger partial charge in [-0.15, -0.1) is 0 Å². The van der Waals surface area contributed by atoms with Crippen LogP contribution in [-0.2, 0) is 0 Å². The Morgan fingerprint density at radius 3 is 3.12 bits per heavy atom. The third kappa shape index (κ3) is 1.62. The average molecular weight is 213 g/mol. The molecule has 0 fully saturated rings. The number of benzene rings is 1. The lowest BCUT2D eigenvalue weighted by Gasteiger charge is -2.17. The Kier molecular flexibility index (Phi) is 2.24. The quantitative estimate of drug-likeness (QED) is 0.777. The standard InChI is InChI=1S/C13H15N3/c1-9-2-4-12(14-7-9)10-3-5-13-11(6-10)8-15-16-13/h3,5-6,8-9H,2,4,7H2,1H3,(H,15,16)/t9-/m0/s1. The maximum Gasteiger partial charge on any atom is 0.0650 e. The molecule has 0 aliphatic carbocycles. The lowest BCUT2D eigenvalue weighted by molar-refractivity contribution is 0.538. The Labute approximate surface area is 94.6 Å². The van der Waals surface area contributed by atoms with Gasteiger partial charge in [-0.3, -0.25) is 10.1 Å². The van der Waals surface area contributed by atoms with E-state index in [-0.39, 0.29) is 0 Å². The van der Waals surface area contributed by atoms with Crippen LogP contribution in [0.5, 0.6) is 0 Å². The summed E-state index contributed by atoms with van der Waals surface area (Å²) in [5.41, 5.74) is 3.59. The third-order valence-corrected chi connectivity index (χ3v) is 3.24. The molecule has 1 aliphatic heterocycles. The minimum atomic E-state index is 0.737. The third-order valence-electron chi connectivity index (χ3n) is 3.24. The van der Waals surface area contributed by atoms with Gasteiger partial charge in [-0.25, -0.2) is 0 Å². The van der Waals surface area contributed by atoms with Gasteiger partial charge in [-0.2, -0.15) is 5.10 Å². The van der Waals surface area contributed by atoms with Crippen LogP contribution in [0.15, 0.2) is 29.4 Å². The molecule has 3 rings (SSSR count). The summed E-state index contributed by atoms with van der Waals surface area (Å²) in [6, 6.07) is 6.39. The second-order valence-electron chi connectivity index (χ2n) is 4.60. The molecule has 0 unspecified atom stereocenters. The van der Waals surface area contributed by atoms with E-state index >= 15 is 0 Å². The summed E-state index contributed by atoms with van der Waals surface area (Å²) >= 11 is 0. The van der Waals surface area contributed by atoms with Crippen LogP contribution in [0.3, 0.4) is 0 Å². The first-order chi connectivity index (χ1) is 7.83. The number of H-pyrrole nitrogens is 1. The normalized spacial score (nSPS) is 21.1. The molecule has 82 valence electrons. The van der Waals surface area contributed by atoms with E-state index in [2.05, 4.69) is 40.3 Å². The van der Waals surface area contributed by atoms with Gasteiger partial charge in [0.15, 0.2) is 0 Å². The topological polar surface area (TPSA) is 41.0 Å². The highest BCUT2D eigenvalue weighted by Gasteiger charge is 2.13. The van der Waals surface area contributed by atoms with Gasteiger partial charge in [0.05, 0.1) is 11.7 Å². The molecule has 1 aliphatic rings. The van der Waals surface area contributed by atoms with Gasteiger partial charge >= 0.3 is 0 Å². The van der Waals surface area contributed by atoms with Crippen LogP contribution < -0.4 is 0 Å². The summed E-state index contributed by atoms with van der Waals surface area (Å²) in [5.74, 6) is 0.737. The van der Waals surface area contributed by atoms with E-state index < -0.39 is 0 Å². The molecule has 0 spiro atoms. The molecule has 0 amide bonds. The van der Waals surface area contributed by atoms with Gasteiger partial charge in [0.1, 0.15) is 0 Å². The Bertz CT molecular complexity index is 539. The number of hydrogen-bond donors (Lipinski definition) is 1. The summed E-state index contributed by atoms with van der Waals surface area (Å²) in [6.07, 6.45) is 4.22. The van der Waals surface area contributed by atoms with Crippen molar-refractivity contribution in [3.05, 3.63) is 30.0 Å². The summed E-state index contributed by atoms with van der Waals surface area (Å²) < 4.78 is 0. The fourth-order valence-electron chi connectivity index (χ4n) is 2.18. The largest absolute Gasteiger partial charge is 0.289 e. The SMILES string of the molecule is C[C@H]1CCC(c2ccc3[nH]ncc3c2)=NC1. The number of aromatic nitrogens is 2. The van der Waals surface area contributed by atoms with Gasteiger partial charge in [0.25, 0.3) is 0 Å². The highest BCUT2D eigenvalue weighted by Crippen LogP contribution is 2.20. The van der Waals surface area contributed by atoms with Gasteiger partial charge < -0.3 is 0 Å². The first-order valence-corrected chi connectivity index (χ1v) is 5.80. The molecule has 0 radical (unpaired) electrons. The molecule has 16 heavy (non-hydrogen) atoms. The average Bonchev–Trinajstić information content (AvgIpc) is 2.77. The summed E-state index contributed by atoms with van der Waals surface area (Å²) in [6.45, 7) is 3.23. The first-order valence-electron chi connectivity index (χ1n) is 5.80. The van der Waals surface area contributed by atoms with Crippen LogP contribution in [0.4, 0.5) is 0 Å². The minimum Gasteiger partial charge on any atom is -0.289 e. The van der Waals surface area contributed by atoms with E-state index in [0.29, 0.717) is 0 Å². The monoisotopic (exact) mass is 213 g/mol. The van der Waals surface area contributed by atoms with Crippen LogP contribution in [-0.4, -0.2) is 22.5 Å². The molecular formula is C13H15N3. The molecule has 0 bridgehead atoms. The van der Waals surface area contributed by atoms with E-state index in [1.54, 1.807) is 0 Å². The van der Waals surface area contributed by atoms with Crippen molar-refractivity contribution in [2.45, 2.75) is 19.8 Å². The van der Waals surface area contributed by atoms with Crippen molar-refractivity contribution < 1.29 is 0 Å². The van der Waals surface area contributed by atoms with Crippen molar-refractivity contribution in [3.8, 4) is 0 Å². The van der Waals surface area contributed by atoms with Crippen molar-refractivity contribution in [2.75, 3.05) is 6.54 Å². The number of aromatic amines is 1. The number of nitrogens with one attached hydrogen (secondary N) is 1. The van der Waals surface area contributed by atoms with E-state index in [4.69, 9.17) is 0 Å². The zero-order valence-electron chi connectivity index (χ0n) is 9.40. The van der Waals surface area contributed by atoms with Crippen molar-refractivity contribution in [3.63, 3.8) is 0 Å². The Morgan fingerprint density at radius 2 is 2.31 bits per heavy atom. The Hall–Kier alpha value is -1.64. The Balaban J connectivity index is 1.99. The van der Waals surface area contributed by atoms with Crippen LogP contribution in [0.1, 0.15) is 25.3 Å². The van der Waals surface area contributed by atoms with E-state index in [0.717, 1.165) is 24.4 Å². The molecule has 1 aromatic carbocycles. The van der Waals surface area contributed by atoms with Crippen LogP contribution >= 0.6 is 0 Å². The molecule has 1 atom stereocenters. The van der Waals surface area contributed by atoms with E-state index in [9.17, 15) is 0 Å². The summed E-state index contributed by atoms with van der Waals surface area (Å²) in [5, 5.41) is 8.17. The van der Waals surface area contributed by atoms with E-state index in [1.165, 1.54) is 23.1 Å². The summed E-state index contributed by atoms with van der Waals surface area (Å²) in [4.78, 5) is 4.66. The molecule has 2 aromatic rings. The number of aliphatic imine (C=N–C) groups is 1. The fourth-order valence-corrected chi connectivity index (χ4v) is 2.18. The number of rotatable bonds is 1. The van der Waals surface area contributed by atoms with Gasteiger partial charge in [0.2, 0.25) is 0 Å². The van der Waals surface area contributed by atoms with Crippen molar-refractivity contribution in [2.24, 2.45) is 10.9 Å². The molecule has 3 heteroatoms. The zero-order chi connectivity index (χ0) is 11.0. The predicted molar refractivity (Wildman–Crippen MR) is 65.9 cm³/mol. The smallest absolute Gasteiger partial charge is 0.0650 e. The first kappa shape index (κ1) is 9.58. The number of nitrogens with zero attached hydrogens (tertiary/aromatic N) is 2. The Morgan fingerprint density at radius 1 is 1.38 bits per heavy atom. The highest BCUT2D eigenvalue weighted by atomic mass is 15.1. The molecule has 3 nitrogen and oxygen atoms in total. The molecular weight excluding hydrogens is 198 g/mol. The molecule has 1 N–H and O–H groups in total. The van der Waals surface area contributed by atoms with Crippen molar-refractivity contribution >= 4 is 16.6 Å². The molecule has 0 saturated heterocycles. The van der Waals surface area contributed by atoms with Crippen molar-refractivity contribution in [1.29, 1.82) is 0 Å². The second-order valence-corrected chi connectivity index (χ2v) is 4.60. The lowest BCUT2D eigenvalue weighted by atomic mass is 9.95. The van der Waals surface area contributed by atoms with Gasteiger partial charge in [0, 0.05) is 17.6 Å². The second kappa shape index (κ2) is 3.74. The highest BCUT2D eigenvalue weighted by molar-refractivity contribution is 6.03. The number of hydrogen-bond acceptors (Lipinski definition) is 2. The fraction of sp³-hybridized carbons (Fsp3) is 0.385. The predicted octanol–water partition coefficient (Wildman–Crippen LogP) is 2.78. The molecule has 1 aromatic heterocycles. The number of fused-ring (bicyclic) bond motifs is 1. The molecule has 2 heterocycles.